The largest absolute Gasteiger partial charge is 0.416 e. The number of hydrogen-bond donors (Lipinski definition) is 2. The molecular weight excluding hydrogens is 467 g/mol. The standard InChI is InChI=1S/C18H13BrF3N7O/c1-9(26-16(30)11-4-12(18(20,21)22)6-13(19)5-11)15-27-17(24)28-29(15)14-3-2-10(7-23)8-25-14/h2-6,8-9H,1H3,(H2,24,28)(H,26,30)/t9-/m0/s1. The van der Waals surface area contributed by atoms with Crippen LogP contribution in [-0.2, 0) is 6.18 Å². The summed E-state index contributed by atoms with van der Waals surface area (Å²) < 4.78 is 40.5. The van der Waals surface area contributed by atoms with E-state index in [4.69, 9.17) is 11.0 Å². The molecule has 1 amide bonds. The molecule has 0 bridgehead atoms. The SMILES string of the molecule is C[C@H](NC(=O)c1cc(Br)cc(C(F)(F)F)c1)c1nc(N)nn1-c1ccc(C#N)cn1. The summed E-state index contributed by atoms with van der Waals surface area (Å²) in [5.41, 5.74) is 4.87. The molecule has 3 rings (SSSR count). The molecule has 0 radical (unpaired) electrons. The number of aromatic nitrogens is 4. The first kappa shape index (κ1) is 21.3. The number of pyridine rings is 1. The maximum Gasteiger partial charge on any atom is 0.416 e. The molecule has 12 heteroatoms. The van der Waals surface area contributed by atoms with Crippen LogP contribution in [0.25, 0.3) is 5.82 Å². The van der Waals surface area contributed by atoms with Gasteiger partial charge in [0, 0.05) is 16.2 Å². The summed E-state index contributed by atoms with van der Waals surface area (Å²) in [6, 6.07) is 7.13. The van der Waals surface area contributed by atoms with Crippen molar-refractivity contribution in [3.05, 3.63) is 63.5 Å². The van der Waals surface area contributed by atoms with E-state index in [1.54, 1.807) is 6.92 Å². The van der Waals surface area contributed by atoms with Crippen molar-refractivity contribution in [1.82, 2.24) is 25.1 Å². The third-order valence-corrected chi connectivity index (χ3v) is 4.42. The van der Waals surface area contributed by atoms with Gasteiger partial charge in [-0.3, -0.25) is 4.79 Å². The van der Waals surface area contributed by atoms with Crippen molar-refractivity contribution in [3.8, 4) is 11.9 Å². The van der Waals surface area contributed by atoms with Gasteiger partial charge in [0.2, 0.25) is 5.95 Å². The number of amides is 1. The van der Waals surface area contributed by atoms with Gasteiger partial charge in [0.25, 0.3) is 5.91 Å². The van der Waals surface area contributed by atoms with Crippen molar-refractivity contribution in [2.24, 2.45) is 0 Å². The van der Waals surface area contributed by atoms with E-state index in [2.05, 4.69) is 36.3 Å². The summed E-state index contributed by atoms with van der Waals surface area (Å²) in [6.07, 6.45) is -3.26. The van der Waals surface area contributed by atoms with Gasteiger partial charge in [0.1, 0.15) is 6.07 Å². The van der Waals surface area contributed by atoms with Crippen LogP contribution in [0.15, 0.2) is 41.0 Å². The first-order valence-electron chi connectivity index (χ1n) is 8.36. The number of nitrogens with zero attached hydrogens (tertiary/aromatic N) is 5. The van der Waals surface area contributed by atoms with Crippen molar-refractivity contribution < 1.29 is 18.0 Å². The van der Waals surface area contributed by atoms with Crippen LogP contribution in [0, 0.1) is 11.3 Å². The maximum atomic E-state index is 13.0. The second-order valence-electron chi connectivity index (χ2n) is 6.18. The second kappa shape index (κ2) is 8.11. The number of hydrogen-bond acceptors (Lipinski definition) is 6. The molecule has 0 aliphatic heterocycles. The van der Waals surface area contributed by atoms with E-state index in [9.17, 15) is 18.0 Å². The Morgan fingerprint density at radius 1 is 1.33 bits per heavy atom. The minimum absolute atomic E-state index is 0.0842. The highest BCUT2D eigenvalue weighted by Gasteiger charge is 2.32. The number of nitriles is 1. The van der Waals surface area contributed by atoms with Gasteiger partial charge in [0.05, 0.1) is 17.2 Å². The zero-order valence-corrected chi connectivity index (χ0v) is 16.9. The number of benzene rings is 1. The zero-order valence-electron chi connectivity index (χ0n) is 15.3. The Labute approximate surface area is 176 Å². The lowest BCUT2D eigenvalue weighted by molar-refractivity contribution is -0.137. The Bertz CT molecular complexity index is 1140. The van der Waals surface area contributed by atoms with Crippen LogP contribution in [-0.4, -0.2) is 25.7 Å². The molecule has 0 aliphatic rings. The summed E-state index contributed by atoms with van der Waals surface area (Å²) in [7, 11) is 0. The lowest BCUT2D eigenvalue weighted by atomic mass is 10.1. The number of nitrogens with two attached hydrogens (primary N) is 1. The summed E-state index contributed by atoms with van der Waals surface area (Å²) in [5.74, 6) is -0.311. The molecule has 0 aliphatic carbocycles. The molecule has 1 aromatic carbocycles. The zero-order chi connectivity index (χ0) is 22.1. The lowest BCUT2D eigenvalue weighted by Gasteiger charge is -2.15. The first-order chi connectivity index (χ1) is 14.1. The van der Waals surface area contributed by atoms with Gasteiger partial charge in [0.15, 0.2) is 11.6 Å². The average Bonchev–Trinajstić information content (AvgIpc) is 3.08. The molecule has 3 aromatic rings. The molecule has 1 atom stereocenters. The summed E-state index contributed by atoms with van der Waals surface area (Å²) in [4.78, 5) is 20.7. The van der Waals surface area contributed by atoms with Crippen molar-refractivity contribution in [1.29, 1.82) is 5.26 Å². The van der Waals surface area contributed by atoms with E-state index in [0.717, 1.165) is 12.1 Å². The van der Waals surface area contributed by atoms with E-state index < -0.39 is 23.7 Å². The number of halogens is 4. The molecule has 2 aromatic heterocycles. The highest BCUT2D eigenvalue weighted by Crippen LogP contribution is 2.32. The third-order valence-electron chi connectivity index (χ3n) is 3.96. The molecule has 154 valence electrons. The Hall–Kier alpha value is -3.46. The quantitative estimate of drug-likeness (QED) is 0.591. The third kappa shape index (κ3) is 4.57. The Morgan fingerprint density at radius 2 is 2.07 bits per heavy atom. The maximum absolute atomic E-state index is 13.0. The van der Waals surface area contributed by atoms with Crippen molar-refractivity contribution in [3.63, 3.8) is 0 Å². The molecule has 8 nitrogen and oxygen atoms in total. The number of rotatable bonds is 4. The van der Waals surface area contributed by atoms with E-state index in [1.807, 2.05) is 6.07 Å². The highest BCUT2D eigenvalue weighted by molar-refractivity contribution is 9.10. The van der Waals surface area contributed by atoms with Crippen LogP contribution in [0.3, 0.4) is 0 Å². The van der Waals surface area contributed by atoms with E-state index >= 15 is 0 Å². The number of nitrogen functional groups attached to an aromatic ring is 1. The normalized spacial score (nSPS) is 12.3. The van der Waals surface area contributed by atoms with Crippen LogP contribution < -0.4 is 11.1 Å². The van der Waals surface area contributed by atoms with Crippen LogP contribution in [0.2, 0.25) is 0 Å². The smallest absolute Gasteiger partial charge is 0.366 e. The van der Waals surface area contributed by atoms with Gasteiger partial charge in [-0.05, 0) is 37.3 Å². The van der Waals surface area contributed by atoms with Crippen LogP contribution in [0.4, 0.5) is 19.1 Å². The Balaban J connectivity index is 1.88. The van der Waals surface area contributed by atoms with Crippen LogP contribution in [0.1, 0.15) is 40.3 Å². The molecular formula is C18H13BrF3N7O. The predicted molar refractivity (Wildman–Crippen MR) is 103 cm³/mol. The van der Waals surface area contributed by atoms with E-state index in [-0.39, 0.29) is 21.8 Å². The average molecular weight is 480 g/mol. The summed E-state index contributed by atoms with van der Waals surface area (Å²) >= 11 is 2.99. The van der Waals surface area contributed by atoms with Gasteiger partial charge in [-0.15, -0.1) is 5.10 Å². The van der Waals surface area contributed by atoms with E-state index in [0.29, 0.717) is 11.4 Å². The van der Waals surface area contributed by atoms with Crippen molar-refractivity contribution in [2.75, 3.05) is 5.73 Å². The molecule has 0 unspecified atom stereocenters. The van der Waals surface area contributed by atoms with Crippen LogP contribution >= 0.6 is 15.9 Å². The fourth-order valence-corrected chi connectivity index (χ4v) is 3.09. The second-order valence-corrected chi connectivity index (χ2v) is 7.09. The molecule has 0 spiro atoms. The predicted octanol–water partition coefficient (Wildman–Crippen LogP) is 3.39. The van der Waals surface area contributed by atoms with Crippen molar-refractivity contribution in [2.45, 2.75) is 19.1 Å². The summed E-state index contributed by atoms with van der Waals surface area (Å²) in [6.45, 7) is 1.57. The topological polar surface area (TPSA) is 123 Å². The number of anilines is 1. The highest BCUT2D eigenvalue weighted by atomic mass is 79.9. The molecule has 0 saturated carbocycles. The summed E-state index contributed by atoms with van der Waals surface area (Å²) in [5, 5.41) is 15.5. The monoisotopic (exact) mass is 479 g/mol. The van der Waals surface area contributed by atoms with Crippen LogP contribution in [0.5, 0.6) is 0 Å². The lowest BCUT2D eigenvalue weighted by Crippen LogP contribution is -2.29. The van der Waals surface area contributed by atoms with Gasteiger partial charge < -0.3 is 11.1 Å². The molecule has 30 heavy (non-hydrogen) atoms. The van der Waals surface area contributed by atoms with Gasteiger partial charge in [-0.25, -0.2) is 4.98 Å². The molecule has 0 fully saturated rings. The van der Waals surface area contributed by atoms with E-state index in [1.165, 1.54) is 29.1 Å². The van der Waals surface area contributed by atoms with Gasteiger partial charge >= 0.3 is 6.18 Å². The molecule has 2 heterocycles. The minimum Gasteiger partial charge on any atom is -0.366 e. The first-order valence-corrected chi connectivity index (χ1v) is 9.15. The fraction of sp³-hybridized carbons (Fsp3) is 0.167. The number of carbonyl (C=O) groups excluding carboxylic acids is 1. The fourth-order valence-electron chi connectivity index (χ4n) is 2.60. The number of alkyl halides is 3. The Morgan fingerprint density at radius 3 is 2.67 bits per heavy atom. The minimum atomic E-state index is -4.60. The van der Waals surface area contributed by atoms with Crippen molar-refractivity contribution >= 4 is 27.8 Å². The number of nitrogens with one attached hydrogen (secondary N) is 1. The van der Waals surface area contributed by atoms with Gasteiger partial charge in [-0.1, -0.05) is 15.9 Å². The Kier molecular flexibility index (Phi) is 5.75. The molecule has 3 N–H and O–H groups in total. The number of carbonyl (C=O) groups is 1. The molecule has 0 saturated heterocycles. The van der Waals surface area contributed by atoms with Gasteiger partial charge in [-0.2, -0.15) is 28.1 Å².